The quantitative estimate of drug-likeness (QED) is 0.598. The highest BCUT2D eigenvalue weighted by molar-refractivity contribution is 7.89. The number of hydrogen-bond donors (Lipinski definition) is 2. The smallest absolute Gasteiger partial charge is 0.273 e. The third kappa shape index (κ3) is 3.98. The van der Waals surface area contributed by atoms with Crippen LogP contribution in [0.1, 0.15) is 18.9 Å². The second kappa shape index (κ2) is 6.09. The van der Waals surface area contributed by atoms with Crippen LogP contribution in [0.15, 0.2) is 23.1 Å². The average Bonchev–Trinajstić information content (AvgIpc) is 2.35. The number of sulfonamides is 1. The fourth-order valence-electron chi connectivity index (χ4n) is 1.39. The van der Waals surface area contributed by atoms with E-state index in [4.69, 9.17) is 0 Å². The summed E-state index contributed by atoms with van der Waals surface area (Å²) in [6.07, 6.45) is -0.369. The zero-order valence-corrected chi connectivity index (χ0v) is 11.5. The van der Waals surface area contributed by atoms with Gasteiger partial charge in [-0.2, -0.15) is 0 Å². The Kier molecular flexibility index (Phi) is 4.98. The number of nitrogens with one attached hydrogen (secondary N) is 1. The SMILES string of the molecule is CCC(O)CNS(=O)(=O)c1ccc(C)c([N+](=O)[O-])c1. The fraction of sp³-hybridized carbons (Fsp3) is 0.455. The van der Waals surface area contributed by atoms with E-state index >= 15 is 0 Å². The minimum atomic E-state index is -3.85. The lowest BCUT2D eigenvalue weighted by atomic mass is 10.2. The van der Waals surface area contributed by atoms with Gasteiger partial charge in [-0.1, -0.05) is 13.0 Å². The third-order valence-corrected chi connectivity index (χ3v) is 4.09. The Hall–Kier alpha value is -1.51. The molecule has 0 bridgehead atoms. The van der Waals surface area contributed by atoms with E-state index < -0.39 is 21.1 Å². The molecule has 0 spiro atoms. The van der Waals surface area contributed by atoms with Gasteiger partial charge in [-0.25, -0.2) is 13.1 Å². The van der Waals surface area contributed by atoms with Gasteiger partial charge in [0.1, 0.15) is 0 Å². The highest BCUT2D eigenvalue weighted by atomic mass is 32.2. The number of aliphatic hydroxyl groups is 1. The molecule has 106 valence electrons. The van der Waals surface area contributed by atoms with Crippen LogP contribution in [0.3, 0.4) is 0 Å². The average molecular weight is 288 g/mol. The Morgan fingerprint density at radius 2 is 2.11 bits per heavy atom. The van der Waals surface area contributed by atoms with E-state index in [2.05, 4.69) is 4.72 Å². The molecular weight excluding hydrogens is 272 g/mol. The zero-order valence-electron chi connectivity index (χ0n) is 10.7. The van der Waals surface area contributed by atoms with Crippen molar-refractivity contribution in [3.05, 3.63) is 33.9 Å². The van der Waals surface area contributed by atoms with Gasteiger partial charge in [0.05, 0.1) is 15.9 Å². The second-order valence-electron chi connectivity index (χ2n) is 4.12. The predicted molar refractivity (Wildman–Crippen MR) is 69.3 cm³/mol. The van der Waals surface area contributed by atoms with Gasteiger partial charge in [0.25, 0.3) is 5.69 Å². The molecule has 0 aliphatic rings. The van der Waals surface area contributed by atoms with Gasteiger partial charge in [0.15, 0.2) is 0 Å². The third-order valence-electron chi connectivity index (χ3n) is 2.67. The number of benzene rings is 1. The lowest BCUT2D eigenvalue weighted by molar-refractivity contribution is -0.385. The molecular formula is C11H16N2O5S. The first-order valence-corrected chi connectivity index (χ1v) is 7.19. The topological polar surface area (TPSA) is 110 Å². The van der Waals surface area contributed by atoms with Crippen LogP contribution in [-0.4, -0.2) is 31.1 Å². The first kappa shape index (κ1) is 15.5. The van der Waals surface area contributed by atoms with E-state index in [1.54, 1.807) is 6.92 Å². The van der Waals surface area contributed by atoms with Crippen LogP contribution in [-0.2, 0) is 10.0 Å². The Labute approximate surface area is 111 Å². The summed E-state index contributed by atoms with van der Waals surface area (Å²) >= 11 is 0. The van der Waals surface area contributed by atoms with Gasteiger partial charge in [0.2, 0.25) is 10.0 Å². The molecule has 1 atom stereocenters. The van der Waals surface area contributed by atoms with Gasteiger partial charge in [-0.3, -0.25) is 10.1 Å². The first-order chi connectivity index (χ1) is 8.77. The highest BCUT2D eigenvalue weighted by Gasteiger charge is 2.20. The van der Waals surface area contributed by atoms with Crippen molar-refractivity contribution in [1.82, 2.24) is 4.72 Å². The van der Waals surface area contributed by atoms with Crippen LogP contribution < -0.4 is 4.72 Å². The molecule has 0 heterocycles. The van der Waals surface area contributed by atoms with E-state index in [0.29, 0.717) is 12.0 Å². The van der Waals surface area contributed by atoms with E-state index in [-0.39, 0.29) is 17.1 Å². The van der Waals surface area contributed by atoms with Crippen molar-refractivity contribution in [3.8, 4) is 0 Å². The number of nitro benzene ring substituents is 1. The molecule has 0 fully saturated rings. The van der Waals surface area contributed by atoms with E-state index in [9.17, 15) is 23.6 Å². The number of nitro groups is 1. The largest absolute Gasteiger partial charge is 0.392 e. The summed E-state index contributed by atoms with van der Waals surface area (Å²) in [5.41, 5.74) is 0.136. The van der Waals surface area contributed by atoms with Crippen LogP contribution in [0.4, 0.5) is 5.69 Å². The minimum Gasteiger partial charge on any atom is -0.392 e. The summed E-state index contributed by atoms with van der Waals surface area (Å²) in [6, 6.07) is 3.68. The summed E-state index contributed by atoms with van der Waals surface area (Å²) in [7, 11) is -3.85. The maximum Gasteiger partial charge on any atom is 0.273 e. The zero-order chi connectivity index (χ0) is 14.6. The molecule has 8 heteroatoms. The normalized spacial score (nSPS) is 13.2. The first-order valence-electron chi connectivity index (χ1n) is 5.70. The van der Waals surface area contributed by atoms with Crippen molar-refractivity contribution in [2.75, 3.05) is 6.54 Å². The monoisotopic (exact) mass is 288 g/mol. The van der Waals surface area contributed by atoms with E-state index in [0.717, 1.165) is 6.07 Å². The summed E-state index contributed by atoms with van der Waals surface area (Å²) in [5, 5.41) is 20.1. The van der Waals surface area contributed by atoms with Crippen LogP contribution in [0.25, 0.3) is 0 Å². The van der Waals surface area contributed by atoms with Gasteiger partial charge >= 0.3 is 0 Å². The van der Waals surface area contributed by atoms with Crippen LogP contribution in [0.2, 0.25) is 0 Å². The number of aryl methyl sites for hydroxylation is 1. The van der Waals surface area contributed by atoms with Gasteiger partial charge in [0, 0.05) is 18.2 Å². The molecule has 7 nitrogen and oxygen atoms in total. The molecule has 0 aliphatic carbocycles. The standard InChI is InChI=1S/C11H16N2O5S/c1-3-9(14)7-12-19(17,18)10-5-4-8(2)11(6-10)13(15)16/h4-6,9,12,14H,3,7H2,1-2H3. The van der Waals surface area contributed by atoms with Crippen molar-refractivity contribution < 1.29 is 18.4 Å². The second-order valence-corrected chi connectivity index (χ2v) is 5.89. The molecule has 1 unspecified atom stereocenters. The van der Waals surface area contributed by atoms with Crippen LogP contribution >= 0.6 is 0 Å². The molecule has 1 rings (SSSR count). The fourth-order valence-corrected chi connectivity index (χ4v) is 2.48. The number of hydrogen-bond acceptors (Lipinski definition) is 5. The van der Waals surface area contributed by atoms with Gasteiger partial charge in [-0.05, 0) is 19.4 Å². The molecule has 0 radical (unpaired) electrons. The molecule has 2 N–H and O–H groups in total. The number of nitrogens with zero attached hydrogens (tertiary/aromatic N) is 1. The van der Waals surface area contributed by atoms with Crippen LogP contribution in [0, 0.1) is 17.0 Å². The highest BCUT2D eigenvalue weighted by Crippen LogP contribution is 2.21. The molecule has 0 amide bonds. The Balaban J connectivity index is 3.02. The van der Waals surface area contributed by atoms with Crippen molar-refractivity contribution in [2.45, 2.75) is 31.3 Å². The summed E-state index contributed by atoms with van der Waals surface area (Å²) < 4.78 is 26.0. The summed E-state index contributed by atoms with van der Waals surface area (Å²) in [4.78, 5) is 9.95. The molecule has 0 aromatic heterocycles. The molecule has 0 saturated carbocycles. The Bertz CT molecular complexity index is 570. The lowest BCUT2D eigenvalue weighted by Gasteiger charge is -2.10. The predicted octanol–water partition coefficient (Wildman–Crippen LogP) is 0.952. The molecule has 1 aromatic rings. The number of rotatable bonds is 6. The van der Waals surface area contributed by atoms with Crippen molar-refractivity contribution in [3.63, 3.8) is 0 Å². The lowest BCUT2D eigenvalue weighted by Crippen LogP contribution is -2.31. The number of aliphatic hydroxyl groups excluding tert-OH is 1. The van der Waals surface area contributed by atoms with Crippen molar-refractivity contribution in [1.29, 1.82) is 0 Å². The molecule has 0 aliphatic heterocycles. The molecule has 19 heavy (non-hydrogen) atoms. The maximum atomic E-state index is 11.9. The van der Waals surface area contributed by atoms with E-state index in [1.807, 2.05) is 0 Å². The van der Waals surface area contributed by atoms with E-state index in [1.165, 1.54) is 19.1 Å². The molecule has 0 saturated heterocycles. The van der Waals surface area contributed by atoms with Crippen molar-refractivity contribution in [2.24, 2.45) is 0 Å². The Morgan fingerprint density at radius 1 is 1.47 bits per heavy atom. The summed E-state index contributed by atoms with van der Waals surface area (Å²) in [6.45, 7) is 3.12. The van der Waals surface area contributed by atoms with Gasteiger partial charge < -0.3 is 5.11 Å². The van der Waals surface area contributed by atoms with Crippen LogP contribution in [0.5, 0.6) is 0 Å². The maximum absolute atomic E-state index is 11.9. The van der Waals surface area contributed by atoms with Crippen molar-refractivity contribution >= 4 is 15.7 Å². The summed E-state index contributed by atoms with van der Waals surface area (Å²) in [5.74, 6) is 0. The minimum absolute atomic E-state index is 0.124. The molecule has 1 aromatic carbocycles. The Morgan fingerprint density at radius 3 is 2.63 bits per heavy atom. The van der Waals surface area contributed by atoms with Gasteiger partial charge in [-0.15, -0.1) is 0 Å².